The van der Waals surface area contributed by atoms with Crippen molar-refractivity contribution < 1.29 is 18.7 Å². The topological polar surface area (TPSA) is 56.6 Å². The molecular formula is C16H18FN3O3. The van der Waals surface area contributed by atoms with Gasteiger partial charge < -0.3 is 14.4 Å². The lowest BCUT2D eigenvalue weighted by Crippen LogP contribution is -2.41. The number of nitrogens with zero attached hydrogens (tertiary/aromatic N) is 3. The van der Waals surface area contributed by atoms with Gasteiger partial charge in [-0.2, -0.15) is 5.10 Å². The molecule has 0 atom stereocenters. The highest BCUT2D eigenvalue weighted by molar-refractivity contribution is 5.96. The number of anilines is 1. The first-order valence-corrected chi connectivity index (χ1v) is 7.33. The third kappa shape index (κ3) is 2.74. The first-order valence-electron chi connectivity index (χ1n) is 7.33. The van der Waals surface area contributed by atoms with Crippen LogP contribution in [0.1, 0.15) is 11.4 Å². The van der Waals surface area contributed by atoms with Gasteiger partial charge >= 0.3 is 0 Å². The van der Waals surface area contributed by atoms with Crippen LogP contribution < -0.4 is 14.4 Å². The van der Waals surface area contributed by atoms with Crippen molar-refractivity contribution in [3.05, 3.63) is 35.4 Å². The highest BCUT2D eigenvalue weighted by Crippen LogP contribution is 2.34. The molecule has 1 aliphatic heterocycles. The lowest BCUT2D eigenvalue weighted by atomic mass is 10.2. The van der Waals surface area contributed by atoms with Crippen LogP contribution in [-0.2, 0) is 11.8 Å². The zero-order chi connectivity index (χ0) is 16.6. The van der Waals surface area contributed by atoms with Crippen LogP contribution in [-0.4, -0.2) is 35.4 Å². The minimum atomic E-state index is -0.482. The summed E-state index contributed by atoms with van der Waals surface area (Å²) in [5.74, 6) is 0.160. The standard InChI is InChI=1S/C16H18FN3O3/c1-10-16(11(2)19(3)18-10)23-9-14(21)20-7-8-22-13-6-4-5-12(17)15(13)20/h4-6H,7-9H2,1-3H3. The number of para-hydroxylation sites is 1. The number of benzene rings is 1. The summed E-state index contributed by atoms with van der Waals surface area (Å²) < 4.78 is 26.8. The Morgan fingerprint density at radius 2 is 2.22 bits per heavy atom. The molecule has 0 N–H and O–H groups in total. The Morgan fingerprint density at radius 3 is 2.91 bits per heavy atom. The summed E-state index contributed by atoms with van der Waals surface area (Å²) in [5.41, 5.74) is 1.72. The van der Waals surface area contributed by atoms with Gasteiger partial charge in [0.05, 0.1) is 12.2 Å². The van der Waals surface area contributed by atoms with E-state index in [4.69, 9.17) is 9.47 Å². The van der Waals surface area contributed by atoms with E-state index in [1.807, 2.05) is 20.9 Å². The van der Waals surface area contributed by atoms with E-state index < -0.39 is 5.82 Å². The number of aromatic nitrogens is 2. The molecule has 122 valence electrons. The molecule has 2 aromatic rings. The number of hydrogen-bond donors (Lipinski definition) is 0. The molecule has 2 heterocycles. The van der Waals surface area contributed by atoms with Crippen molar-refractivity contribution in [3.8, 4) is 11.5 Å². The highest BCUT2D eigenvalue weighted by Gasteiger charge is 2.27. The molecule has 0 unspecified atom stereocenters. The van der Waals surface area contributed by atoms with Crippen molar-refractivity contribution in [2.45, 2.75) is 13.8 Å². The molecule has 0 bridgehead atoms. The maximum absolute atomic E-state index is 14.0. The fourth-order valence-corrected chi connectivity index (χ4v) is 2.66. The van der Waals surface area contributed by atoms with Crippen LogP contribution in [0.3, 0.4) is 0 Å². The van der Waals surface area contributed by atoms with Crippen LogP contribution in [0.2, 0.25) is 0 Å². The summed E-state index contributed by atoms with van der Waals surface area (Å²) >= 11 is 0. The molecule has 0 saturated heterocycles. The largest absolute Gasteiger partial charge is 0.489 e. The number of carbonyl (C=O) groups excluding carboxylic acids is 1. The lowest BCUT2D eigenvalue weighted by Gasteiger charge is -2.29. The van der Waals surface area contributed by atoms with E-state index in [1.165, 1.54) is 11.0 Å². The van der Waals surface area contributed by atoms with E-state index in [2.05, 4.69) is 5.10 Å². The Morgan fingerprint density at radius 1 is 1.43 bits per heavy atom. The second kappa shape index (κ2) is 5.91. The first kappa shape index (κ1) is 15.3. The Hall–Kier alpha value is -2.57. The normalized spacial score (nSPS) is 13.5. The summed E-state index contributed by atoms with van der Waals surface area (Å²) in [4.78, 5) is 13.8. The number of rotatable bonds is 3. The molecule has 1 aliphatic rings. The molecule has 6 nitrogen and oxygen atoms in total. The average Bonchev–Trinajstić information content (AvgIpc) is 2.77. The Bertz CT molecular complexity index is 757. The number of carbonyl (C=O) groups is 1. The predicted molar refractivity (Wildman–Crippen MR) is 82.4 cm³/mol. The molecule has 7 heteroatoms. The molecular weight excluding hydrogens is 301 g/mol. The van der Waals surface area contributed by atoms with Crippen LogP contribution in [0.4, 0.5) is 10.1 Å². The second-order valence-corrected chi connectivity index (χ2v) is 5.39. The number of halogens is 1. The maximum atomic E-state index is 14.0. The monoisotopic (exact) mass is 319 g/mol. The van der Waals surface area contributed by atoms with Crippen LogP contribution in [0.5, 0.6) is 11.5 Å². The van der Waals surface area contributed by atoms with Crippen molar-refractivity contribution in [3.63, 3.8) is 0 Å². The van der Waals surface area contributed by atoms with E-state index >= 15 is 0 Å². The zero-order valence-corrected chi connectivity index (χ0v) is 13.3. The molecule has 1 aromatic carbocycles. The molecule has 0 fully saturated rings. The van der Waals surface area contributed by atoms with Crippen LogP contribution in [0.25, 0.3) is 0 Å². The summed E-state index contributed by atoms with van der Waals surface area (Å²) in [6.45, 7) is 4.12. The maximum Gasteiger partial charge on any atom is 0.265 e. The van der Waals surface area contributed by atoms with Gasteiger partial charge in [0.2, 0.25) is 0 Å². The summed E-state index contributed by atoms with van der Waals surface area (Å²) in [6.07, 6.45) is 0. The van der Waals surface area contributed by atoms with E-state index in [-0.39, 0.29) is 18.2 Å². The Labute approximate surface area is 133 Å². The van der Waals surface area contributed by atoms with Crippen LogP contribution in [0, 0.1) is 19.7 Å². The van der Waals surface area contributed by atoms with E-state index in [0.717, 1.165) is 5.69 Å². The van der Waals surface area contributed by atoms with Crippen molar-refractivity contribution >= 4 is 11.6 Å². The molecule has 3 rings (SSSR count). The number of amides is 1. The molecule has 0 aliphatic carbocycles. The van der Waals surface area contributed by atoms with Gasteiger partial charge in [-0.3, -0.25) is 9.48 Å². The summed E-state index contributed by atoms with van der Waals surface area (Å²) in [5, 5.41) is 4.24. The van der Waals surface area contributed by atoms with Crippen LogP contribution in [0.15, 0.2) is 18.2 Å². The van der Waals surface area contributed by atoms with Crippen LogP contribution >= 0.6 is 0 Å². The molecule has 0 saturated carbocycles. The fourth-order valence-electron chi connectivity index (χ4n) is 2.66. The first-order chi connectivity index (χ1) is 11.0. The van der Waals surface area contributed by atoms with Gasteiger partial charge in [0.15, 0.2) is 18.2 Å². The van der Waals surface area contributed by atoms with Gasteiger partial charge in [0.25, 0.3) is 5.91 Å². The van der Waals surface area contributed by atoms with Crippen molar-refractivity contribution in [1.82, 2.24) is 9.78 Å². The third-order valence-corrected chi connectivity index (χ3v) is 3.88. The predicted octanol–water partition coefficient (Wildman–Crippen LogP) is 1.98. The molecule has 0 radical (unpaired) electrons. The smallest absolute Gasteiger partial charge is 0.265 e. The number of hydrogen-bond acceptors (Lipinski definition) is 4. The second-order valence-electron chi connectivity index (χ2n) is 5.39. The zero-order valence-electron chi connectivity index (χ0n) is 13.3. The van der Waals surface area contributed by atoms with Crippen molar-refractivity contribution in [2.24, 2.45) is 7.05 Å². The Balaban J connectivity index is 1.78. The van der Waals surface area contributed by atoms with Gasteiger partial charge in [-0.05, 0) is 26.0 Å². The summed E-state index contributed by atoms with van der Waals surface area (Å²) in [7, 11) is 1.81. The molecule has 1 amide bonds. The van der Waals surface area contributed by atoms with E-state index in [1.54, 1.807) is 16.8 Å². The summed E-state index contributed by atoms with van der Waals surface area (Å²) in [6, 6.07) is 4.51. The average molecular weight is 319 g/mol. The molecule has 23 heavy (non-hydrogen) atoms. The van der Waals surface area contributed by atoms with E-state index in [9.17, 15) is 9.18 Å². The minimum absolute atomic E-state index is 0.173. The fraction of sp³-hybridized carbons (Fsp3) is 0.375. The number of fused-ring (bicyclic) bond motifs is 1. The van der Waals surface area contributed by atoms with Gasteiger partial charge in [-0.25, -0.2) is 4.39 Å². The van der Waals surface area contributed by atoms with Crippen molar-refractivity contribution in [1.29, 1.82) is 0 Å². The lowest BCUT2D eigenvalue weighted by molar-refractivity contribution is -0.120. The SMILES string of the molecule is Cc1nn(C)c(C)c1OCC(=O)N1CCOc2cccc(F)c21. The van der Waals surface area contributed by atoms with E-state index in [0.29, 0.717) is 30.3 Å². The van der Waals surface area contributed by atoms with Gasteiger partial charge in [0.1, 0.15) is 23.7 Å². The molecule has 1 aromatic heterocycles. The van der Waals surface area contributed by atoms with Gasteiger partial charge in [-0.1, -0.05) is 6.07 Å². The molecule has 0 spiro atoms. The Kier molecular flexibility index (Phi) is 3.94. The van der Waals surface area contributed by atoms with Gasteiger partial charge in [0, 0.05) is 7.05 Å². The van der Waals surface area contributed by atoms with Gasteiger partial charge in [-0.15, -0.1) is 0 Å². The number of ether oxygens (including phenoxy) is 2. The number of aryl methyl sites for hydroxylation is 2. The quantitative estimate of drug-likeness (QED) is 0.868. The third-order valence-electron chi connectivity index (χ3n) is 3.88. The van der Waals surface area contributed by atoms with Crippen molar-refractivity contribution in [2.75, 3.05) is 24.7 Å². The minimum Gasteiger partial charge on any atom is -0.489 e. The highest BCUT2D eigenvalue weighted by atomic mass is 19.1.